The smallest absolute Gasteiger partial charge is 0.341 e. The van der Waals surface area contributed by atoms with Gasteiger partial charge in [0.15, 0.2) is 5.11 Å². The van der Waals surface area contributed by atoms with Crippen molar-refractivity contribution in [1.82, 2.24) is 14.8 Å². The molecule has 0 amide bonds. The number of esters is 1. The summed E-state index contributed by atoms with van der Waals surface area (Å²) >= 11 is 12.8. The topological polar surface area (TPSA) is 81.1 Å². The van der Waals surface area contributed by atoms with Crippen molar-refractivity contribution in [2.24, 2.45) is 0 Å². The largest absolute Gasteiger partial charge is 0.462 e. The molecule has 0 aliphatic rings. The van der Waals surface area contributed by atoms with Gasteiger partial charge < -0.3 is 10.1 Å². The van der Waals surface area contributed by atoms with Gasteiger partial charge in [-0.05, 0) is 48.5 Å². The van der Waals surface area contributed by atoms with Gasteiger partial charge in [-0.15, -0.1) is 16.4 Å². The van der Waals surface area contributed by atoms with E-state index in [0.717, 1.165) is 16.0 Å². The normalized spacial score (nSPS) is 10.6. The zero-order valence-corrected chi connectivity index (χ0v) is 20.7. The molecule has 0 saturated heterocycles. The van der Waals surface area contributed by atoms with Crippen LogP contribution in [0.1, 0.15) is 33.3 Å². The fourth-order valence-corrected chi connectivity index (χ4v) is 4.69. The minimum absolute atomic E-state index is 0.280. The zero-order chi connectivity index (χ0) is 23.9. The summed E-state index contributed by atoms with van der Waals surface area (Å²) in [5.41, 5.74) is 2.65. The number of hydrogen-bond acceptors (Lipinski definition) is 6. The maximum absolute atomic E-state index is 12.5. The van der Waals surface area contributed by atoms with E-state index in [1.807, 2.05) is 48.5 Å². The molecule has 2 aromatic heterocycles. The zero-order valence-electron chi connectivity index (χ0n) is 18.3. The van der Waals surface area contributed by atoms with Crippen LogP contribution < -0.4 is 10.6 Å². The van der Waals surface area contributed by atoms with E-state index in [1.165, 1.54) is 11.3 Å². The van der Waals surface area contributed by atoms with Crippen LogP contribution in [0.2, 0.25) is 5.02 Å². The van der Waals surface area contributed by atoms with Crippen LogP contribution in [0.15, 0.2) is 67.0 Å². The Labute approximate surface area is 211 Å². The van der Waals surface area contributed by atoms with Crippen LogP contribution in [0.25, 0.3) is 0 Å². The SMILES string of the molecule is CCOC(=O)c1cc(Cc2ccccc2)sc1NC(=S)Nc1ncn(Cc2ccc(Cl)cc2)n1. The number of benzene rings is 2. The van der Waals surface area contributed by atoms with Crippen LogP contribution in [-0.4, -0.2) is 32.5 Å². The summed E-state index contributed by atoms with van der Waals surface area (Å²) in [6, 6.07) is 19.4. The van der Waals surface area contributed by atoms with Gasteiger partial charge in [0.2, 0.25) is 5.95 Å². The highest BCUT2D eigenvalue weighted by Crippen LogP contribution is 2.31. The number of thiocarbonyl (C=S) groups is 1. The van der Waals surface area contributed by atoms with E-state index in [9.17, 15) is 4.79 Å². The molecule has 0 aliphatic heterocycles. The molecule has 2 heterocycles. The minimum atomic E-state index is -0.395. The number of anilines is 2. The average Bonchev–Trinajstić information content (AvgIpc) is 3.42. The van der Waals surface area contributed by atoms with Gasteiger partial charge in [0.1, 0.15) is 11.3 Å². The van der Waals surface area contributed by atoms with E-state index < -0.39 is 5.97 Å². The van der Waals surface area contributed by atoms with Crippen LogP contribution in [0.3, 0.4) is 0 Å². The molecule has 0 unspecified atom stereocenters. The van der Waals surface area contributed by atoms with Crippen molar-refractivity contribution in [3.63, 3.8) is 0 Å². The number of carbonyl (C=O) groups excluding carboxylic acids is 1. The summed E-state index contributed by atoms with van der Waals surface area (Å²) in [4.78, 5) is 17.8. The van der Waals surface area contributed by atoms with Gasteiger partial charge in [0.05, 0.1) is 18.7 Å². The molecule has 34 heavy (non-hydrogen) atoms. The Bertz CT molecular complexity index is 1270. The van der Waals surface area contributed by atoms with E-state index in [2.05, 4.69) is 32.8 Å². The molecule has 2 N–H and O–H groups in total. The van der Waals surface area contributed by atoms with Crippen molar-refractivity contribution < 1.29 is 9.53 Å². The number of halogens is 1. The first-order chi connectivity index (χ1) is 16.5. The lowest BCUT2D eigenvalue weighted by atomic mass is 10.1. The number of nitrogens with zero attached hydrogens (tertiary/aromatic N) is 3. The van der Waals surface area contributed by atoms with Gasteiger partial charge in [0.25, 0.3) is 0 Å². The Hall–Kier alpha value is -3.27. The highest BCUT2D eigenvalue weighted by Gasteiger charge is 2.19. The Morgan fingerprint density at radius 1 is 1.12 bits per heavy atom. The van der Waals surface area contributed by atoms with Gasteiger partial charge in [0, 0.05) is 16.3 Å². The lowest BCUT2D eigenvalue weighted by Gasteiger charge is -2.08. The van der Waals surface area contributed by atoms with Gasteiger partial charge >= 0.3 is 5.97 Å². The van der Waals surface area contributed by atoms with E-state index in [4.69, 9.17) is 28.6 Å². The molecule has 0 bridgehead atoms. The number of nitrogens with one attached hydrogen (secondary N) is 2. The predicted octanol–water partition coefficient (Wildman–Crippen LogP) is 5.62. The monoisotopic (exact) mass is 511 g/mol. The molecule has 0 spiro atoms. The van der Waals surface area contributed by atoms with Crippen molar-refractivity contribution in [2.45, 2.75) is 19.9 Å². The Morgan fingerprint density at radius 2 is 1.88 bits per heavy atom. The molecule has 4 aromatic rings. The molecule has 174 valence electrons. The lowest BCUT2D eigenvalue weighted by Crippen LogP contribution is -2.21. The molecular formula is C24H22ClN5O2S2. The highest BCUT2D eigenvalue weighted by atomic mass is 35.5. The second-order valence-corrected chi connectivity index (χ2v) is 9.29. The Kier molecular flexibility index (Phi) is 7.89. The van der Waals surface area contributed by atoms with Crippen LogP contribution in [0.5, 0.6) is 0 Å². The second-order valence-electron chi connectivity index (χ2n) is 7.31. The molecule has 0 atom stereocenters. The van der Waals surface area contributed by atoms with Gasteiger partial charge in [-0.2, -0.15) is 0 Å². The first kappa shape index (κ1) is 23.9. The van der Waals surface area contributed by atoms with Crippen molar-refractivity contribution in [1.29, 1.82) is 0 Å². The number of thiophene rings is 1. The summed E-state index contributed by atoms with van der Waals surface area (Å²) in [7, 11) is 0. The molecular weight excluding hydrogens is 490 g/mol. The van der Waals surface area contributed by atoms with E-state index in [1.54, 1.807) is 17.9 Å². The van der Waals surface area contributed by atoms with Crippen molar-refractivity contribution in [3.05, 3.63) is 93.6 Å². The van der Waals surface area contributed by atoms with Crippen molar-refractivity contribution >= 4 is 57.2 Å². The predicted molar refractivity (Wildman–Crippen MR) is 140 cm³/mol. The molecule has 0 fully saturated rings. The third-order valence-corrected chi connectivity index (χ3v) is 6.25. The number of rotatable bonds is 8. The van der Waals surface area contributed by atoms with E-state index in [0.29, 0.717) is 41.1 Å². The maximum Gasteiger partial charge on any atom is 0.341 e. The fraction of sp³-hybridized carbons (Fsp3) is 0.167. The summed E-state index contributed by atoms with van der Waals surface area (Å²) < 4.78 is 6.92. The average molecular weight is 512 g/mol. The van der Waals surface area contributed by atoms with Crippen LogP contribution in [-0.2, 0) is 17.7 Å². The van der Waals surface area contributed by atoms with Gasteiger partial charge in [-0.1, -0.05) is 54.1 Å². The summed E-state index contributed by atoms with van der Waals surface area (Å²) in [6.07, 6.45) is 2.32. The molecule has 0 radical (unpaired) electrons. The van der Waals surface area contributed by atoms with Crippen LogP contribution in [0.4, 0.5) is 10.9 Å². The van der Waals surface area contributed by atoms with Crippen LogP contribution in [0, 0.1) is 0 Å². The quantitative estimate of drug-likeness (QED) is 0.235. The molecule has 4 rings (SSSR count). The van der Waals surface area contributed by atoms with Crippen molar-refractivity contribution in [2.75, 3.05) is 17.2 Å². The molecule has 0 saturated carbocycles. The summed E-state index contributed by atoms with van der Waals surface area (Å²) in [6.45, 7) is 2.62. The fourth-order valence-electron chi connectivity index (χ4n) is 3.22. The Balaban J connectivity index is 1.43. The molecule has 0 aliphatic carbocycles. The first-order valence-corrected chi connectivity index (χ1v) is 12.2. The van der Waals surface area contributed by atoms with Gasteiger partial charge in [-0.3, -0.25) is 5.32 Å². The van der Waals surface area contributed by atoms with Gasteiger partial charge in [-0.25, -0.2) is 14.5 Å². The first-order valence-electron chi connectivity index (χ1n) is 10.6. The molecule has 2 aromatic carbocycles. The number of aromatic nitrogens is 3. The van der Waals surface area contributed by atoms with E-state index in [-0.39, 0.29) is 5.11 Å². The molecule has 10 heteroatoms. The summed E-state index contributed by atoms with van der Waals surface area (Å²) in [5.74, 6) is -0.0426. The third kappa shape index (κ3) is 6.40. The minimum Gasteiger partial charge on any atom is -0.462 e. The van der Waals surface area contributed by atoms with Crippen LogP contribution >= 0.6 is 35.2 Å². The molecule has 7 nitrogen and oxygen atoms in total. The number of carbonyl (C=O) groups is 1. The summed E-state index contributed by atoms with van der Waals surface area (Å²) in [5, 5.41) is 12.1. The number of hydrogen-bond donors (Lipinski definition) is 2. The van der Waals surface area contributed by atoms with E-state index >= 15 is 0 Å². The maximum atomic E-state index is 12.5. The van der Waals surface area contributed by atoms with Crippen molar-refractivity contribution in [3.8, 4) is 0 Å². The number of ether oxygens (including phenoxy) is 1. The Morgan fingerprint density at radius 3 is 2.62 bits per heavy atom. The standard InChI is InChI=1S/C24H22ClN5O2S2/c1-2-32-22(31)20-13-19(12-16-6-4-3-5-7-16)34-21(20)27-24(33)28-23-26-15-30(29-23)14-17-8-10-18(25)11-9-17/h3-11,13,15H,2,12,14H2,1H3,(H2,27,28,29,33). The second kappa shape index (κ2) is 11.2. The lowest BCUT2D eigenvalue weighted by molar-refractivity contribution is 0.0528. The highest BCUT2D eigenvalue weighted by molar-refractivity contribution is 7.80. The third-order valence-electron chi connectivity index (χ3n) is 4.75.